The van der Waals surface area contributed by atoms with Crippen LogP contribution in [-0.2, 0) is 11.2 Å². The van der Waals surface area contributed by atoms with Gasteiger partial charge in [-0.15, -0.1) is 6.58 Å². The normalized spacial score (nSPS) is 9.50. The maximum Gasteiger partial charge on any atom is 0.269 e. The molecular formula is C11H12N2O3. The number of hydrogen-bond donors (Lipinski definition) is 1. The summed E-state index contributed by atoms with van der Waals surface area (Å²) >= 11 is 0. The van der Waals surface area contributed by atoms with Crippen LogP contribution < -0.4 is 5.32 Å². The smallest absolute Gasteiger partial charge is 0.269 e. The minimum atomic E-state index is -0.471. The Hall–Kier alpha value is -2.17. The molecule has 0 radical (unpaired) electrons. The second-order valence-corrected chi connectivity index (χ2v) is 3.19. The van der Waals surface area contributed by atoms with Crippen LogP contribution in [0.25, 0.3) is 0 Å². The Balaban J connectivity index is 2.58. The molecule has 0 heterocycles. The summed E-state index contributed by atoms with van der Waals surface area (Å²) in [4.78, 5) is 21.2. The number of amides is 1. The highest BCUT2D eigenvalue weighted by atomic mass is 16.6. The molecule has 0 bridgehead atoms. The van der Waals surface area contributed by atoms with Crippen LogP contribution >= 0.6 is 0 Å². The minimum Gasteiger partial charge on any atom is -0.352 e. The molecule has 0 unspecified atom stereocenters. The fourth-order valence-electron chi connectivity index (χ4n) is 1.17. The van der Waals surface area contributed by atoms with Crippen LogP contribution in [0.3, 0.4) is 0 Å². The van der Waals surface area contributed by atoms with Crippen molar-refractivity contribution in [1.82, 2.24) is 5.32 Å². The van der Waals surface area contributed by atoms with Crippen LogP contribution in [0.2, 0.25) is 0 Å². The lowest BCUT2D eigenvalue weighted by atomic mass is 10.1. The zero-order valence-electron chi connectivity index (χ0n) is 8.68. The van der Waals surface area contributed by atoms with Gasteiger partial charge in [0.2, 0.25) is 5.91 Å². The Morgan fingerprint density at radius 1 is 1.44 bits per heavy atom. The predicted octanol–water partition coefficient (Wildman–Crippen LogP) is 1.44. The van der Waals surface area contributed by atoms with Gasteiger partial charge in [0.05, 0.1) is 11.3 Å². The highest BCUT2D eigenvalue weighted by molar-refractivity contribution is 5.78. The van der Waals surface area contributed by atoms with E-state index in [9.17, 15) is 14.9 Å². The monoisotopic (exact) mass is 220 g/mol. The number of hydrogen-bond acceptors (Lipinski definition) is 3. The van der Waals surface area contributed by atoms with Crippen molar-refractivity contribution in [2.75, 3.05) is 6.54 Å². The Labute approximate surface area is 92.9 Å². The average Bonchev–Trinajstić information content (AvgIpc) is 2.27. The largest absolute Gasteiger partial charge is 0.352 e. The third kappa shape index (κ3) is 3.53. The van der Waals surface area contributed by atoms with E-state index in [4.69, 9.17) is 0 Å². The third-order valence-electron chi connectivity index (χ3n) is 1.96. The number of benzene rings is 1. The lowest BCUT2D eigenvalue weighted by molar-refractivity contribution is -0.384. The molecule has 5 heteroatoms. The van der Waals surface area contributed by atoms with Gasteiger partial charge in [-0.3, -0.25) is 14.9 Å². The van der Waals surface area contributed by atoms with E-state index in [1.54, 1.807) is 18.2 Å². The summed E-state index contributed by atoms with van der Waals surface area (Å²) in [5.74, 6) is -0.131. The first-order valence-corrected chi connectivity index (χ1v) is 4.74. The Kier molecular flexibility index (Phi) is 4.20. The number of carbonyl (C=O) groups is 1. The van der Waals surface area contributed by atoms with Gasteiger partial charge in [0.1, 0.15) is 0 Å². The van der Waals surface area contributed by atoms with E-state index >= 15 is 0 Å². The van der Waals surface area contributed by atoms with Crippen LogP contribution in [0.1, 0.15) is 5.56 Å². The molecule has 0 saturated heterocycles. The fourth-order valence-corrected chi connectivity index (χ4v) is 1.17. The molecule has 0 atom stereocenters. The van der Waals surface area contributed by atoms with Crippen molar-refractivity contribution in [2.24, 2.45) is 0 Å². The molecule has 84 valence electrons. The molecule has 1 amide bonds. The fraction of sp³-hybridized carbons (Fsp3) is 0.182. The van der Waals surface area contributed by atoms with Gasteiger partial charge in [0.15, 0.2) is 0 Å². The van der Waals surface area contributed by atoms with Gasteiger partial charge < -0.3 is 5.32 Å². The summed E-state index contributed by atoms with van der Waals surface area (Å²) in [7, 11) is 0. The SMILES string of the molecule is C=CCNC(=O)Cc1ccc([N+](=O)[O-])cc1. The van der Waals surface area contributed by atoms with Crippen LogP contribution in [0.4, 0.5) is 5.69 Å². The molecule has 1 aromatic carbocycles. The maximum absolute atomic E-state index is 11.3. The number of non-ortho nitro benzene ring substituents is 1. The van der Waals surface area contributed by atoms with E-state index in [0.717, 1.165) is 5.56 Å². The van der Waals surface area contributed by atoms with Crippen LogP contribution in [-0.4, -0.2) is 17.4 Å². The lowest BCUT2D eigenvalue weighted by Crippen LogP contribution is -2.24. The molecule has 1 aromatic rings. The Bertz CT molecular complexity index is 398. The molecule has 5 nitrogen and oxygen atoms in total. The van der Waals surface area contributed by atoms with E-state index in [-0.39, 0.29) is 18.0 Å². The van der Waals surface area contributed by atoms with Crippen molar-refractivity contribution >= 4 is 11.6 Å². The standard InChI is InChI=1S/C11H12N2O3/c1-2-7-12-11(14)8-9-3-5-10(6-4-9)13(15)16/h2-6H,1,7-8H2,(H,12,14). The van der Waals surface area contributed by atoms with Crippen molar-refractivity contribution in [3.8, 4) is 0 Å². The van der Waals surface area contributed by atoms with Gasteiger partial charge in [-0.25, -0.2) is 0 Å². The van der Waals surface area contributed by atoms with Gasteiger partial charge >= 0.3 is 0 Å². The Morgan fingerprint density at radius 3 is 2.56 bits per heavy atom. The summed E-state index contributed by atoms with van der Waals surface area (Å²) in [6.07, 6.45) is 1.81. The molecule has 0 spiro atoms. The molecule has 0 fully saturated rings. The molecule has 0 aromatic heterocycles. The first-order valence-electron chi connectivity index (χ1n) is 4.74. The van der Waals surface area contributed by atoms with Crippen molar-refractivity contribution < 1.29 is 9.72 Å². The molecule has 0 aliphatic rings. The highest BCUT2D eigenvalue weighted by Crippen LogP contribution is 2.12. The zero-order chi connectivity index (χ0) is 12.0. The van der Waals surface area contributed by atoms with Crippen LogP contribution in [0.5, 0.6) is 0 Å². The zero-order valence-corrected chi connectivity index (χ0v) is 8.68. The summed E-state index contributed by atoms with van der Waals surface area (Å²) in [5.41, 5.74) is 0.766. The number of nitrogens with zero attached hydrogens (tertiary/aromatic N) is 1. The number of nitro benzene ring substituents is 1. The molecule has 0 saturated carbocycles. The van der Waals surface area contributed by atoms with Crippen molar-refractivity contribution in [1.29, 1.82) is 0 Å². The van der Waals surface area contributed by atoms with Gasteiger partial charge in [-0.2, -0.15) is 0 Å². The van der Waals surface area contributed by atoms with Gasteiger partial charge in [0, 0.05) is 18.7 Å². The van der Waals surface area contributed by atoms with E-state index < -0.39 is 4.92 Å². The van der Waals surface area contributed by atoms with Crippen molar-refractivity contribution in [3.05, 3.63) is 52.6 Å². The molecule has 0 aliphatic carbocycles. The quantitative estimate of drug-likeness (QED) is 0.463. The lowest BCUT2D eigenvalue weighted by Gasteiger charge is -2.02. The summed E-state index contributed by atoms with van der Waals surface area (Å²) in [6, 6.07) is 5.92. The number of carbonyl (C=O) groups excluding carboxylic acids is 1. The number of rotatable bonds is 5. The third-order valence-corrected chi connectivity index (χ3v) is 1.96. The molecule has 0 aliphatic heterocycles. The predicted molar refractivity (Wildman–Crippen MR) is 60.0 cm³/mol. The van der Waals surface area contributed by atoms with Crippen LogP contribution in [0.15, 0.2) is 36.9 Å². The first-order chi connectivity index (χ1) is 7.63. The maximum atomic E-state index is 11.3. The second-order valence-electron chi connectivity index (χ2n) is 3.19. The summed E-state index contributed by atoms with van der Waals surface area (Å²) in [5, 5.41) is 13.0. The number of nitrogens with one attached hydrogen (secondary N) is 1. The topological polar surface area (TPSA) is 72.2 Å². The average molecular weight is 220 g/mol. The van der Waals surface area contributed by atoms with Gasteiger partial charge in [0.25, 0.3) is 5.69 Å². The van der Waals surface area contributed by atoms with E-state index in [1.807, 2.05) is 0 Å². The Morgan fingerprint density at radius 2 is 2.06 bits per heavy atom. The first kappa shape index (κ1) is 11.9. The molecule has 1 rings (SSSR count). The van der Waals surface area contributed by atoms with E-state index in [2.05, 4.69) is 11.9 Å². The van der Waals surface area contributed by atoms with E-state index in [1.165, 1.54) is 12.1 Å². The molecule has 16 heavy (non-hydrogen) atoms. The van der Waals surface area contributed by atoms with Crippen molar-refractivity contribution in [2.45, 2.75) is 6.42 Å². The molecular weight excluding hydrogens is 208 g/mol. The summed E-state index contributed by atoms with van der Waals surface area (Å²) < 4.78 is 0. The van der Waals surface area contributed by atoms with Crippen molar-refractivity contribution in [3.63, 3.8) is 0 Å². The number of nitro groups is 1. The molecule has 1 N–H and O–H groups in total. The van der Waals surface area contributed by atoms with E-state index in [0.29, 0.717) is 6.54 Å². The highest BCUT2D eigenvalue weighted by Gasteiger charge is 2.06. The van der Waals surface area contributed by atoms with Gasteiger partial charge in [-0.05, 0) is 5.56 Å². The second kappa shape index (κ2) is 5.65. The van der Waals surface area contributed by atoms with Gasteiger partial charge in [-0.1, -0.05) is 18.2 Å². The summed E-state index contributed by atoms with van der Waals surface area (Å²) in [6.45, 7) is 3.90. The van der Waals surface area contributed by atoms with Crippen LogP contribution in [0, 0.1) is 10.1 Å². The minimum absolute atomic E-state index is 0.0234.